The Hall–Kier alpha value is -2.18. The van der Waals surface area contributed by atoms with Crippen molar-refractivity contribution in [1.29, 1.82) is 0 Å². The van der Waals surface area contributed by atoms with Crippen molar-refractivity contribution < 1.29 is 15.0 Å². The number of hydrogen-bond donors (Lipinski definition) is 2. The van der Waals surface area contributed by atoms with Crippen LogP contribution in [0.15, 0.2) is 30.3 Å². The van der Waals surface area contributed by atoms with Gasteiger partial charge in [0.1, 0.15) is 0 Å². The van der Waals surface area contributed by atoms with E-state index in [1.165, 1.54) is 0 Å². The normalized spacial score (nSPS) is 23.5. The average Bonchev–Trinajstić information content (AvgIpc) is 2.96. The Morgan fingerprint density at radius 2 is 2.07 bits per heavy atom. The molecule has 3 rings (SSSR count). The second-order valence-corrected chi connectivity index (χ2v) is 7.68. The van der Waals surface area contributed by atoms with Crippen molar-refractivity contribution >= 4 is 5.97 Å². The number of β-amino-alcohol motifs (C(OH)–C–C–N with tert-alkyl or cyclic N) is 1. The molecule has 0 bridgehead atoms. The van der Waals surface area contributed by atoms with Crippen LogP contribution in [0.1, 0.15) is 43.1 Å². The lowest BCUT2D eigenvalue weighted by molar-refractivity contribution is -0.164. The topological polar surface area (TPSA) is 78.6 Å². The van der Waals surface area contributed by atoms with Crippen LogP contribution < -0.4 is 0 Å². The molecular weight excluding hydrogens is 342 g/mol. The van der Waals surface area contributed by atoms with Gasteiger partial charge in [0, 0.05) is 18.8 Å². The highest BCUT2D eigenvalue weighted by Gasteiger charge is 2.47. The number of aliphatic hydroxyl groups is 1. The SMILES string of the molecule is CCC[C@]1(C(=O)O)CCN(Cc2ccccc2-n2nc(C)cc2C)C[C@H]1O. The summed E-state index contributed by atoms with van der Waals surface area (Å²) in [4.78, 5) is 14.0. The molecule has 1 aromatic heterocycles. The number of piperidine rings is 1. The van der Waals surface area contributed by atoms with Crippen molar-refractivity contribution in [2.24, 2.45) is 5.41 Å². The maximum atomic E-state index is 11.8. The van der Waals surface area contributed by atoms with Gasteiger partial charge in [-0.05, 0) is 50.9 Å². The van der Waals surface area contributed by atoms with E-state index in [0.717, 1.165) is 29.1 Å². The minimum absolute atomic E-state index is 0.373. The zero-order valence-electron chi connectivity index (χ0n) is 16.4. The molecule has 0 amide bonds. The van der Waals surface area contributed by atoms with Crippen molar-refractivity contribution in [2.45, 2.75) is 52.7 Å². The molecule has 6 nitrogen and oxygen atoms in total. The highest BCUT2D eigenvalue weighted by atomic mass is 16.4. The molecule has 27 heavy (non-hydrogen) atoms. The molecule has 0 unspecified atom stereocenters. The number of carbonyl (C=O) groups is 1. The van der Waals surface area contributed by atoms with Crippen LogP contribution in [0.5, 0.6) is 0 Å². The Balaban J connectivity index is 1.80. The van der Waals surface area contributed by atoms with Crippen LogP contribution in [0.25, 0.3) is 5.69 Å². The second-order valence-electron chi connectivity index (χ2n) is 7.68. The fraction of sp³-hybridized carbons (Fsp3) is 0.524. The molecule has 2 atom stereocenters. The van der Waals surface area contributed by atoms with E-state index in [4.69, 9.17) is 0 Å². The summed E-state index contributed by atoms with van der Waals surface area (Å²) < 4.78 is 1.95. The van der Waals surface area contributed by atoms with E-state index in [9.17, 15) is 15.0 Å². The fourth-order valence-electron chi connectivity index (χ4n) is 4.24. The Labute approximate surface area is 160 Å². The Morgan fingerprint density at radius 1 is 1.33 bits per heavy atom. The van der Waals surface area contributed by atoms with Crippen molar-refractivity contribution in [3.8, 4) is 5.69 Å². The van der Waals surface area contributed by atoms with E-state index in [2.05, 4.69) is 16.1 Å². The van der Waals surface area contributed by atoms with E-state index in [1.54, 1.807) is 0 Å². The number of aliphatic hydroxyl groups excluding tert-OH is 1. The molecular formula is C21H29N3O3. The van der Waals surface area contributed by atoms with Gasteiger partial charge in [0.2, 0.25) is 0 Å². The van der Waals surface area contributed by atoms with E-state index >= 15 is 0 Å². The average molecular weight is 371 g/mol. The molecule has 0 aliphatic carbocycles. The smallest absolute Gasteiger partial charge is 0.312 e. The molecule has 6 heteroatoms. The van der Waals surface area contributed by atoms with Gasteiger partial charge in [-0.1, -0.05) is 31.5 Å². The molecule has 146 valence electrons. The molecule has 2 heterocycles. The van der Waals surface area contributed by atoms with E-state index in [0.29, 0.717) is 32.5 Å². The second kappa shape index (κ2) is 7.82. The Bertz CT molecular complexity index is 817. The number of hydrogen-bond acceptors (Lipinski definition) is 4. The number of nitrogens with zero attached hydrogens (tertiary/aromatic N) is 3. The third-order valence-corrected chi connectivity index (χ3v) is 5.69. The van der Waals surface area contributed by atoms with E-state index in [1.807, 2.05) is 49.7 Å². The van der Waals surface area contributed by atoms with Gasteiger partial charge in [-0.15, -0.1) is 0 Å². The zero-order valence-corrected chi connectivity index (χ0v) is 16.4. The van der Waals surface area contributed by atoms with Gasteiger partial charge >= 0.3 is 5.97 Å². The molecule has 1 aromatic carbocycles. The van der Waals surface area contributed by atoms with Gasteiger partial charge in [-0.3, -0.25) is 9.69 Å². The van der Waals surface area contributed by atoms with Gasteiger partial charge < -0.3 is 10.2 Å². The monoisotopic (exact) mass is 371 g/mol. The number of carboxylic acid groups (broad SMARTS) is 1. The maximum absolute atomic E-state index is 11.8. The van der Waals surface area contributed by atoms with Crippen molar-refractivity contribution in [2.75, 3.05) is 13.1 Å². The van der Waals surface area contributed by atoms with Crippen molar-refractivity contribution in [3.05, 3.63) is 47.3 Å². The number of benzene rings is 1. The van der Waals surface area contributed by atoms with Crippen LogP contribution in [-0.2, 0) is 11.3 Å². The van der Waals surface area contributed by atoms with Gasteiger partial charge in [-0.25, -0.2) is 4.68 Å². The standard InChI is InChI=1S/C21H29N3O3/c1-4-9-21(20(26)27)10-11-23(14-19(21)25)13-17-7-5-6-8-18(17)24-16(3)12-15(2)22-24/h5-8,12,19,25H,4,9-11,13-14H2,1-3H3,(H,26,27)/t19-,21+/m1/s1. The van der Waals surface area contributed by atoms with Crippen LogP contribution in [-0.4, -0.2) is 50.1 Å². The zero-order chi connectivity index (χ0) is 19.6. The predicted octanol–water partition coefficient (Wildman–Crippen LogP) is 2.93. The minimum Gasteiger partial charge on any atom is -0.481 e. The molecule has 2 N–H and O–H groups in total. The highest BCUT2D eigenvalue weighted by molar-refractivity contribution is 5.75. The van der Waals surface area contributed by atoms with E-state index in [-0.39, 0.29) is 0 Å². The third kappa shape index (κ3) is 3.77. The van der Waals surface area contributed by atoms with Crippen molar-refractivity contribution in [3.63, 3.8) is 0 Å². The maximum Gasteiger partial charge on any atom is 0.312 e. The summed E-state index contributed by atoms with van der Waals surface area (Å²) in [5, 5.41) is 25.0. The molecule has 0 radical (unpaired) electrons. The molecule has 0 saturated carbocycles. The van der Waals surface area contributed by atoms with Crippen LogP contribution in [0.4, 0.5) is 0 Å². The van der Waals surface area contributed by atoms with Crippen LogP contribution in [0.3, 0.4) is 0 Å². The van der Waals surface area contributed by atoms with Gasteiger partial charge in [0.25, 0.3) is 0 Å². The number of aromatic nitrogens is 2. The lowest BCUT2D eigenvalue weighted by atomic mass is 9.72. The summed E-state index contributed by atoms with van der Waals surface area (Å²) in [6.07, 6.45) is 0.882. The first-order valence-corrected chi connectivity index (χ1v) is 9.62. The molecule has 1 aliphatic heterocycles. The number of carboxylic acids is 1. The fourth-order valence-corrected chi connectivity index (χ4v) is 4.24. The molecule has 1 saturated heterocycles. The van der Waals surface area contributed by atoms with Gasteiger partial charge in [0.05, 0.1) is 22.9 Å². The minimum atomic E-state index is -1.01. The summed E-state index contributed by atoms with van der Waals surface area (Å²) in [5.41, 5.74) is 3.18. The lowest BCUT2D eigenvalue weighted by Crippen LogP contribution is -2.54. The molecule has 2 aromatic rings. The number of aryl methyl sites for hydroxylation is 2. The number of likely N-dealkylation sites (tertiary alicyclic amines) is 1. The number of para-hydroxylation sites is 1. The van der Waals surface area contributed by atoms with Crippen molar-refractivity contribution in [1.82, 2.24) is 14.7 Å². The summed E-state index contributed by atoms with van der Waals surface area (Å²) in [5.74, 6) is -0.875. The molecule has 1 aliphatic rings. The van der Waals surface area contributed by atoms with Crippen LogP contribution in [0.2, 0.25) is 0 Å². The number of rotatable bonds is 6. The van der Waals surface area contributed by atoms with Crippen LogP contribution >= 0.6 is 0 Å². The largest absolute Gasteiger partial charge is 0.481 e. The van der Waals surface area contributed by atoms with Crippen LogP contribution in [0, 0.1) is 19.3 Å². The van der Waals surface area contributed by atoms with E-state index < -0.39 is 17.5 Å². The Kier molecular flexibility index (Phi) is 5.67. The summed E-state index contributed by atoms with van der Waals surface area (Å²) >= 11 is 0. The summed E-state index contributed by atoms with van der Waals surface area (Å²) in [6, 6.07) is 10.2. The summed E-state index contributed by atoms with van der Waals surface area (Å²) in [7, 11) is 0. The number of aliphatic carboxylic acids is 1. The Morgan fingerprint density at radius 3 is 2.67 bits per heavy atom. The molecule has 1 fully saturated rings. The third-order valence-electron chi connectivity index (χ3n) is 5.69. The highest BCUT2D eigenvalue weighted by Crippen LogP contribution is 2.37. The lowest BCUT2D eigenvalue weighted by Gasteiger charge is -2.43. The predicted molar refractivity (Wildman–Crippen MR) is 104 cm³/mol. The first-order chi connectivity index (χ1) is 12.9. The summed E-state index contributed by atoms with van der Waals surface area (Å²) in [6.45, 7) is 7.67. The van der Waals surface area contributed by atoms with Gasteiger partial charge in [-0.2, -0.15) is 5.10 Å². The molecule has 0 spiro atoms. The first kappa shape index (κ1) is 19.6. The quantitative estimate of drug-likeness (QED) is 0.816. The first-order valence-electron chi connectivity index (χ1n) is 9.62. The van der Waals surface area contributed by atoms with Gasteiger partial charge in [0.15, 0.2) is 0 Å².